The minimum absolute atomic E-state index is 0.0470. The summed E-state index contributed by atoms with van der Waals surface area (Å²) in [7, 11) is 1.51. The number of aryl methyl sites for hydroxylation is 1. The first kappa shape index (κ1) is 18.4. The minimum atomic E-state index is -0.893. The minimum Gasteiger partial charge on any atom is -0.496 e. The number of thiocarbonyl (C=S) groups is 1. The van der Waals surface area contributed by atoms with E-state index in [4.69, 9.17) is 22.1 Å². The number of carbonyl (C=O) groups is 2. The Morgan fingerprint density at radius 3 is 2.44 bits per heavy atom. The van der Waals surface area contributed by atoms with Crippen LogP contribution in [0.5, 0.6) is 5.75 Å². The summed E-state index contributed by atoms with van der Waals surface area (Å²) in [6.07, 6.45) is -0.0470. The van der Waals surface area contributed by atoms with Crippen LogP contribution in [0.1, 0.15) is 21.5 Å². The van der Waals surface area contributed by atoms with Crippen molar-refractivity contribution < 1.29 is 19.4 Å². The van der Waals surface area contributed by atoms with E-state index in [-0.39, 0.29) is 17.4 Å². The zero-order chi connectivity index (χ0) is 18.4. The lowest BCUT2D eigenvalue weighted by Crippen LogP contribution is -2.34. The number of carboxylic acid groups (broad SMARTS) is 1. The Bertz CT molecular complexity index is 803. The Morgan fingerprint density at radius 1 is 1.16 bits per heavy atom. The number of methoxy groups -OCH3 is 1. The van der Waals surface area contributed by atoms with Gasteiger partial charge >= 0.3 is 5.97 Å². The zero-order valence-corrected chi connectivity index (χ0v) is 14.6. The number of nitrogens with one attached hydrogen (secondary N) is 2. The largest absolute Gasteiger partial charge is 0.496 e. The summed E-state index contributed by atoms with van der Waals surface area (Å²) >= 11 is 5.15. The van der Waals surface area contributed by atoms with Crippen molar-refractivity contribution in [2.45, 2.75) is 13.3 Å². The lowest BCUT2D eigenvalue weighted by molar-refractivity contribution is -0.136. The molecule has 0 spiro atoms. The molecule has 0 aliphatic carbocycles. The van der Waals surface area contributed by atoms with E-state index in [2.05, 4.69) is 10.6 Å². The fourth-order valence-electron chi connectivity index (χ4n) is 2.32. The number of hydrogen-bond acceptors (Lipinski definition) is 4. The van der Waals surface area contributed by atoms with Gasteiger partial charge in [-0.3, -0.25) is 14.9 Å². The molecule has 0 aromatic heterocycles. The fourth-order valence-corrected chi connectivity index (χ4v) is 2.53. The van der Waals surface area contributed by atoms with Crippen LogP contribution in [-0.2, 0) is 11.2 Å². The monoisotopic (exact) mass is 358 g/mol. The highest BCUT2D eigenvalue weighted by atomic mass is 32.1. The van der Waals surface area contributed by atoms with Gasteiger partial charge in [0, 0.05) is 5.69 Å². The fraction of sp³-hybridized carbons (Fsp3) is 0.167. The van der Waals surface area contributed by atoms with E-state index in [1.807, 2.05) is 13.0 Å². The maximum Gasteiger partial charge on any atom is 0.307 e. The summed E-state index contributed by atoms with van der Waals surface area (Å²) in [6, 6.07) is 12.0. The average molecular weight is 358 g/mol. The van der Waals surface area contributed by atoms with Gasteiger partial charge in [-0.15, -0.1) is 0 Å². The van der Waals surface area contributed by atoms with E-state index >= 15 is 0 Å². The molecule has 0 aliphatic rings. The lowest BCUT2D eigenvalue weighted by Gasteiger charge is -2.13. The van der Waals surface area contributed by atoms with Gasteiger partial charge < -0.3 is 15.2 Å². The predicted molar refractivity (Wildman–Crippen MR) is 99.2 cm³/mol. The standard InChI is InChI=1S/C18H18N2O4S/c1-11-4-3-5-14(16(11)24-2)17(23)20-18(25)19-13-8-6-12(7-9-13)10-15(21)22/h3-9H,10H2,1-2H3,(H,21,22)(H2,19,20,23,25). The van der Waals surface area contributed by atoms with Crippen molar-refractivity contribution in [3.63, 3.8) is 0 Å². The van der Waals surface area contributed by atoms with Gasteiger partial charge in [-0.25, -0.2) is 0 Å². The molecular weight excluding hydrogens is 340 g/mol. The molecule has 130 valence electrons. The SMILES string of the molecule is COc1c(C)cccc1C(=O)NC(=S)Nc1ccc(CC(=O)O)cc1. The summed E-state index contributed by atoms with van der Waals surface area (Å²) in [5, 5.41) is 14.4. The molecule has 0 atom stereocenters. The van der Waals surface area contributed by atoms with Crippen molar-refractivity contribution >= 4 is 34.9 Å². The second-order valence-electron chi connectivity index (χ2n) is 5.33. The van der Waals surface area contributed by atoms with Gasteiger partial charge in [0.25, 0.3) is 5.91 Å². The third-order valence-corrected chi connectivity index (χ3v) is 3.66. The third kappa shape index (κ3) is 5.02. The number of aliphatic carboxylic acids is 1. The Labute approximate surface area is 150 Å². The number of benzene rings is 2. The van der Waals surface area contributed by atoms with E-state index < -0.39 is 5.97 Å². The Kier molecular flexibility index (Phi) is 6.08. The number of hydrogen-bond donors (Lipinski definition) is 3. The molecule has 0 fully saturated rings. The molecule has 1 amide bonds. The first-order chi connectivity index (χ1) is 11.9. The second kappa shape index (κ2) is 8.25. The molecule has 2 aromatic rings. The molecule has 0 bridgehead atoms. The maximum atomic E-state index is 12.4. The van der Waals surface area contributed by atoms with Gasteiger partial charge in [0.05, 0.1) is 19.1 Å². The van der Waals surface area contributed by atoms with Gasteiger partial charge in [-0.05, 0) is 48.5 Å². The van der Waals surface area contributed by atoms with Gasteiger partial charge in [0.15, 0.2) is 5.11 Å². The van der Waals surface area contributed by atoms with Crippen molar-refractivity contribution in [3.05, 3.63) is 59.2 Å². The highest BCUT2D eigenvalue weighted by Crippen LogP contribution is 2.22. The van der Waals surface area contributed by atoms with Crippen molar-refractivity contribution in [2.75, 3.05) is 12.4 Å². The first-order valence-electron chi connectivity index (χ1n) is 7.47. The van der Waals surface area contributed by atoms with Crippen LogP contribution >= 0.6 is 12.2 Å². The molecule has 0 aliphatic heterocycles. The average Bonchev–Trinajstić information content (AvgIpc) is 2.55. The van der Waals surface area contributed by atoms with E-state index in [0.29, 0.717) is 22.6 Å². The molecule has 0 saturated carbocycles. The van der Waals surface area contributed by atoms with E-state index in [1.165, 1.54) is 7.11 Å². The van der Waals surface area contributed by atoms with E-state index in [9.17, 15) is 9.59 Å². The number of carbonyl (C=O) groups excluding carboxylic acids is 1. The highest BCUT2D eigenvalue weighted by Gasteiger charge is 2.15. The molecule has 6 nitrogen and oxygen atoms in total. The quantitative estimate of drug-likeness (QED) is 0.713. The van der Waals surface area contributed by atoms with Gasteiger partial charge in [0.1, 0.15) is 5.75 Å². The van der Waals surface area contributed by atoms with Crippen LogP contribution in [0, 0.1) is 6.92 Å². The van der Waals surface area contributed by atoms with Crippen LogP contribution in [0.3, 0.4) is 0 Å². The lowest BCUT2D eigenvalue weighted by atomic mass is 10.1. The summed E-state index contributed by atoms with van der Waals surface area (Å²) < 4.78 is 5.27. The number of anilines is 1. The summed E-state index contributed by atoms with van der Waals surface area (Å²) in [5.41, 5.74) is 2.57. The van der Waals surface area contributed by atoms with Crippen LogP contribution in [0.4, 0.5) is 5.69 Å². The van der Waals surface area contributed by atoms with Crippen LogP contribution in [0.2, 0.25) is 0 Å². The normalized spacial score (nSPS) is 10.0. The van der Waals surface area contributed by atoms with Crippen LogP contribution in [0.15, 0.2) is 42.5 Å². The Morgan fingerprint density at radius 2 is 1.84 bits per heavy atom. The number of ether oxygens (including phenoxy) is 1. The molecule has 2 aromatic carbocycles. The van der Waals surface area contributed by atoms with Crippen LogP contribution in [0.25, 0.3) is 0 Å². The number of para-hydroxylation sites is 1. The van der Waals surface area contributed by atoms with Crippen molar-refractivity contribution in [1.82, 2.24) is 5.32 Å². The third-order valence-electron chi connectivity index (χ3n) is 3.45. The molecule has 7 heteroatoms. The smallest absolute Gasteiger partial charge is 0.307 e. The Hall–Kier alpha value is -2.93. The van der Waals surface area contributed by atoms with Gasteiger partial charge in [0.2, 0.25) is 0 Å². The Balaban J connectivity index is 2.01. The maximum absolute atomic E-state index is 12.4. The topological polar surface area (TPSA) is 87.7 Å². The highest BCUT2D eigenvalue weighted by molar-refractivity contribution is 7.80. The van der Waals surface area contributed by atoms with E-state index in [1.54, 1.807) is 36.4 Å². The zero-order valence-electron chi connectivity index (χ0n) is 13.8. The van der Waals surface area contributed by atoms with Crippen LogP contribution in [-0.4, -0.2) is 29.2 Å². The van der Waals surface area contributed by atoms with E-state index in [0.717, 1.165) is 5.56 Å². The molecule has 0 radical (unpaired) electrons. The molecular formula is C18H18N2O4S. The first-order valence-corrected chi connectivity index (χ1v) is 7.88. The second-order valence-corrected chi connectivity index (χ2v) is 5.74. The number of carboxylic acids is 1. The number of rotatable bonds is 5. The summed E-state index contributed by atoms with van der Waals surface area (Å²) in [4.78, 5) is 23.0. The van der Waals surface area contributed by atoms with Crippen molar-refractivity contribution in [2.24, 2.45) is 0 Å². The molecule has 0 unspecified atom stereocenters. The molecule has 0 saturated heterocycles. The number of amides is 1. The molecule has 3 N–H and O–H groups in total. The molecule has 2 rings (SSSR count). The molecule has 0 heterocycles. The molecule has 25 heavy (non-hydrogen) atoms. The summed E-state index contributed by atoms with van der Waals surface area (Å²) in [5.74, 6) is -0.767. The van der Waals surface area contributed by atoms with Crippen molar-refractivity contribution in [3.8, 4) is 5.75 Å². The van der Waals surface area contributed by atoms with Gasteiger partial charge in [-0.2, -0.15) is 0 Å². The van der Waals surface area contributed by atoms with Gasteiger partial charge in [-0.1, -0.05) is 24.3 Å². The predicted octanol–water partition coefficient (Wildman–Crippen LogP) is 2.76. The summed E-state index contributed by atoms with van der Waals surface area (Å²) in [6.45, 7) is 1.85. The van der Waals surface area contributed by atoms with Crippen molar-refractivity contribution in [1.29, 1.82) is 0 Å². The van der Waals surface area contributed by atoms with Crippen LogP contribution < -0.4 is 15.4 Å².